The van der Waals surface area contributed by atoms with Crippen LogP contribution < -0.4 is 9.47 Å². The fourth-order valence-corrected chi connectivity index (χ4v) is 7.56. The summed E-state index contributed by atoms with van der Waals surface area (Å²) < 4.78 is 64.8. The van der Waals surface area contributed by atoms with Crippen LogP contribution in [0.2, 0.25) is 0 Å². The Morgan fingerprint density at radius 3 is 2.33 bits per heavy atom. The summed E-state index contributed by atoms with van der Waals surface area (Å²) in [7, 11) is -6.83. The van der Waals surface area contributed by atoms with Crippen molar-refractivity contribution >= 4 is 30.7 Å². The van der Waals surface area contributed by atoms with Crippen LogP contribution in [0, 0.1) is 20.8 Å². The lowest BCUT2D eigenvalue weighted by atomic mass is 10.1. The standard InChI is InChI=1S/C30H30N4O6S2/c1-18-11-27(26(41(5,35)36)13-25(18)40-17-21-9-7-6-8-10-21)42(37,38)30-33-16-24-28(34-30)22(15-32-24)12-23-20(3)29(39-4)19(2)14-31-23/h6-11,13-16,32H,12,17H2,1-5H3. The second kappa shape index (κ2) is 11.2. The number of benzene rings is 2. The van der Waals surface area contributed by atoms with Gasteiger partial charge in [-0.3, -0.25) is 4.98 Å². The molecule has 0 aliphatic heterocycles. The molecule has 10 nitrogen and oxygen atoms in total. The predicted molar refractivity (Wildman–Crippen MR) is 157 cm³/mol. The van der Waals surface area contributed by atoms with Crippen molar-refractivity contribution in [1.29, 1.82) is 0 Å². The highest BCUT2D eigenvalue weighted by atomic mass is 32.2. The molecule has 0 aliphatic carbocycles. The molecule has 2 aromatic carbocycles. The number of nitrogens with zero attached hydrogens (tertiary/aromatic N) is 3. The number of hydrogen-bond acceptors (Lipinski definition) is 9. The van der Waals surface area contributed by atoms with Gasteiger partial charge in [-0.05, 0) is 38.0 Å². The average molecular weight is 607 g/mol. The van der Waals surface area contributed by atoms with Crippen molar-refractivity contribution in [3.63, 3.8) is 0 Å². The second-order valence-electron chi connectivity index (χ2n) is 10.1. The predicted octanol–water partition coefficient (Wildman–Crippen LogP) is 4.69. The summed E-state index contributed by atoms with van der Waals surface area (Å²) in [6.45, 7) is 5.67. The maximum absolute atomic E-state index is 13.9. The first-order valence-electron chi connectivity index (χ1n) is 13.0. The number of hydrogen-bond donors (Lipinski definition) is 1. The maximum atomic E-state index is 13.9. The third-order valence-corrected chi connectivity index (χ3v) is 9.85. The summed E-state index contributed by atoms with van der Waals surface area (Å²) in [4.78, 5) is 15.3. The SMILES string of the molecule is COc1c(C)cnc(Cc2c[nH]c3cnc(S(=O)(=O)c4cc(C)c(OCc5ccccc5)cc4S(C)(=O)=O)nc23)c1C. The molecule has 42 heavy (non-hydrogen) atoms. The molecule has 5 aromatic rings. The molecule has 3 heterocycles. The summed E-state index contributed by atoms with van der Waals surface area (Å²) in [6.07, 6.45) is 6.15. The molecule has 0 amide bonds. The molecular weight excluding hydrogens is 576 g/mol. The first kappa shape index (κ1) is 29.2. The highest BCUT2D eigenvalue weighted by Gasteiger charge is 2.30. The molecule has 3 aromatic heterocycles. The number of rotatable bonds is 9. The van der Waals surface area contributed by atoms with E-state index in [4.69, 9.17) is 9.47 Å². The first-order valence-corrected chi connectivity index (χ1v) is 16.4. The maximum Gasteiger partial charge on any atom is 0.252 e. The zero-order valence-corrected chi connectivity index (χ0v) is 25.4. The average Bonchev–Trinajstić information content (AvgIpc) is 3.36. The number of aromatic amines is 1. The van der Waals surface area contributed by atoms with Crippen LogP contribution in [0.1, 0.15) is 33.5 Å². The van der Waals surface area contributed by atoms with E-state index >= 15 is 0 Å². The molecule has 0 unspecified atom stereocenters. The minimum absolute atomic E-state index is 0.189. The molecule has 0 atom stereocenters. The van der Waals surface area contributed by atoms with Crippen molar-refractivity contribution in [2.45, 2.75) is 48.7 Å². The zero-order valence-electron chi connectivity index (χ0n) is 23.8. The number of ether oxygens (including phenoxy) is 2. The van der Waals surface area contributed by atoms with Gasteiger partial charge in [0.25, 0.3) is 5.16 Å². The number of sulfone groups is 2. The summed E-state index contributed by atoms with van der Waals surface area (Å²) in [5, 5.41) is -0.510. The number of H-pyrrole nitrogens is 1. The van der Waals surface area contributed by atoms with Crippen molar-refractivity contribution in [3.8, 4) is 11.5 Å². The Balaban J connectivity index is 1.55. The molecule has 1 N–H and O–H groups in total. The summed E-state index contributed by atoms with van der Waals surface area (Å²) in [6, 6.07) is 11.9. The fraction of sp³-hybridized carbons (Fsp3) is 0.233. The van der Waals surface area contributed by atoms with E-state index in [-0.39, 0.29) is 17.3 Å². The lowest BCUT2D eigenvalue weighted by Gasteiger charge is -2.15. The topological polar surface area (TPSA) is 141 Å². The van der Waals surface area contributed by atoms with Crippen LogP contribution in [0.15, 0.2) is 76.0 Å². The minimum atomic E-state index is -4.45. The van der Waals surface area contributed by atoms with Crippen molar-refractivity contribution < 1.29 is 26.3 Å². The van der Waals surface area contributed by atoms with E-state index < -0.39 is 29.7 Å². The van der Waals surface area contributed by atoms with Gasteiger partial charge in [0.05, 0.1) is 39.8 Å². The van der Waals surface area contributed by atoms with Crippen LogP contribution in [-0.4, -0.2) is 50.1 Å². The lowest BCUT2D eigenvalue weighted by Crippen LogP contribution is -2.13. The van der Waals surface area contributed by atoms with E-state index in [2.05, 4.69) is 19.9 Å². The van der Waals surface area contributed by atoms with E-state index in [0.717, 1.165) is 34.4 Å². The molecule has 0 radical (unpaired) electrons. The van der Waals surface area contributed by atoms with E-state index in [1.807, 2.05) is 44.2 Å². The van der Waals surface area contributed by atoms with Crippen molar-refractivity contribution in [2.75, 3.05) is 13.4 Å². The van der Waals surface area contributed by atoms with E-state index in [1.165, 1.54) is 18.3 Å². The Labute approximate surface area is 244 Å². The van der Waals surface area contributed by atoms with Crippen LogP contribution in [-0.2, 0) is 32.7 Å². The molecule has 5 rings (SSSR count). The molecule has 0 saturated heterocycles. The van der Waals surface area contributed by atoms with Crippen LogP contribution in [0.5, 0.6) is 11.5 Å². The van der Waals surface area contributed by atoms with E-state index in [0.29, 0.717) is 28.6 Å². The monoisotopic (exact) mass is 606 g/mol. The Morgan fingerprint density at radius 1 is 0.905 bits per heavy atom. The quantitative estimate of drug-likeness (QED) is 0.237. The Bertz CT molecular complexity index is 2020. The van der Waals surface area contributed by atoms with Crippen molar-refractivity contribution in [2.24, 2.45) is 0 Å². The number of aromatic nitrogens is 4. The summed E-state index contributed by atoms with van der Waals surface area (Å²) in [5.41, 5.74) is 5.49. The van der Waals surface area contributed by atoms with Gasteiger partial charge in [0.1, 0.15) is 18.1 Å². The molecule has 0 saturated carbocycles. The van der Waals surface area contributed by atoms with Gasteiger partial charge in [0.2, 0.25) is 9.84 Å². The summed E-state index contributed by atoms with van der Waals surface area (Å²) >= 11 is 0. The van der Waals surface area contributed by atoms with Gasteiger partial charge in [-0.1, -0.05) is 30.3 Å². The largest absolute Gasteiger partial charge is 0.496 e. The van der Waals surface area contributed by atoms with Gasteiger partial charge in [0.15, 0.2) is 9.84 Å². The zero-order chi connectivity index (χ0) is 30.2. The van der Waals surface area contributed by atoms with Crippen LogP contribution in [0.4, 0.5) is 0 Å². The normalized spacial score (nSPS) is 12.0. The van der Waals surface area contributed by atoms with Crippen LogP contribution in [0.25, 0.3) is 11.0 Å². The second-order valence-corrected chi connectivity index (χ2v) is 13.9. The van der Waals surface area contributed by atoms with Crippen molar-refractivity contribution in [1.82, 2.24) is 19.9 Å². The molecule has 0 fully saturated rings. The highest BCUT2D eigenvalue weighted by Crippen LogP contribution is 2.33. The molecule has 218 valence electrons. The van der Waals surface area contributed by atoms with Gasteiger partial charge < -0.3 is 14.5 Å². The first-order chi connectivity index (χ1) is 19.9. The number of nitrogens with one attached hydrogen (secondary N) is 1. The Kier molecular flexibility index (Phi) is 7.78. The lowest BCUT2D eigenvalue weighted by molar-refractivity contribution is 0.303. The van der Waals surface area contributed by atoms with Gasteiger partial charge in [0, 0.05) is 47.8 Å². The Hall–Kier alpha value is -4.29. The van der Waals surface area contributed by atoms with E-state index in [1.54, 1.807) is 26.4 Å². The summed E-state index contributed by atoms with van der Waals surface area (Å²) in [5.74, 6) is 0.997. The Morgan fingerprint density at radius 2 is 1.64 bits per heavy atom. The highest BCUT2D eigenvalue weighted by molar-refractivity contribution is 7.94. The smallest absolute Gasteiger partial charge is 0.252 e. The van der Waals surface area contributed by atoms with Gasteiger partial charge in [-0.2, -0.15) is 0 Å². The minimum Gasteiger partial charge on any atom is -0.496 e. The third-order valence-electron chi connectivity index (χ3n) is 6.99. The van der Waals surface area contributed by atoms with Crippen molar-refractivity contribution in [3.05, 3.63) is 94.6 Å². The third kappa shape index (κ3) is 5.59. The number of aryl methyl sites for hydroxylation is 2. The van der Waals surface area contributed by atoms with Gasteiger partial charge in [-0.25, -0.2) is 26.8 Å². The van der Waals surface area contributed by atoms with Crippen LogP contribution in [0.3, 0.4) is 0 Å². The number of fused-ring (bicyclic) bond motifs is 1. The fourth-order valence-electron chi connectivity index (χ4n) is 4.78. The molecule has 0 aliphatic rings. The van der Waals surface area contributed by atoms with Crippen LogP contribution >= 0.6 is 0 Å². The van der Waals surface area contributed by atoms with E-state index in [9.17, 15) is 16.8 Å². The van der Waals surface area contributed by atoms with Gasteiger partial charge in [-0.15, -0.1) is 0 Å². The number of pyridine rings is 1. The molecule has 0 spiro atoms. The molecule has 12 heteroatoms. The van der Waals surface area contributed by atoms with Gasteiger partial charge >= 0.3 is 0 Å². The number of methoxy groups -OCH3 is 1. The molecule has 0 bridgehead atoms. The molecular formula is C30H30N4O6S2.